The highest BCUT2D eigenvalue weighted by Gasteiger charge is 2.17. The molecule has 0 atom stereocenters. The van der Waals surface area contributed by atoms with Gasteiger partial charge in [-0.3, -0.25) is 14.9 Å². The van der Waals surface area contributed by atoms with Gasteiger partial charge >= 0.3 is 0 Å². The molecule has 2 N–H and O–H groups in total. The standard InChI is InChI=1S/C20H23N5O3/c26-20(15-21-17-7-3-1-4-8-17)23-22-14-16-13-18(25(27)28)9-10-19(16)24-11-5-2-6-12-24/h1,3-4,7-10,13-14,21H,2,5-6,11-12,15H2,(H,23,26)/b22-14+. The first-order valence-corrected chi connectivity index (χ1v) is 9.28. The number of benzene rings is 2. The summed E-state index contributed by atoms with van der Waals surface area (Å²) in [6.45, 7) is 1.90. The Morgan fingerprint density at radius 1 is 1.14 bits per heavy atom. The number of carbonyl (C=O) groups is 1. The number of non-ortho nitro benzene ring substituents is 1. The molecule has 146 valence electrons. The molecule has 1 saturated heterocycles. The zero-order valence-corrected chi connectivity index (χ0v) is 15.5. The zero-order valence-electron chi connectivity index (χ0n) is 15.5. The summed E-state index contributed by atoms with van der Waals surface area (Å²) < 4.78 is 0. The van der Waals surface area contributed by atoms with E-state index in [0.29, 0.717) is 5.56 Å². The Bertz CT molecular complexity index is 848. The highest BCUT2D eigenvalue weighted by Crippen LogP contribution is 2.26. The number of hydrazone groups is 1. The number of amides is 1. The van der Waals surface area contributed by atoms with Gasteiger partial charge in [-0.25, -0.2) is 5.43 Å². The van der Waals surface area contributed by atoms with Crippen molar-refractivity contribution < 1.29 is 9.72 Å². The molecule has 0 unspecified atom stereocenters. The zero-order chi connectivity index (χ0) is 19.8. The molecule has 8 nitrogen and oxygen atoms in total. The molecule has 1 aliphatic heterocycles. The predicted octanol–water partition coefficient (Wildman–Crippen LogP) is 3.15. The van der Waals surface area contributed by atoms with Crippen molar-refractivity contribution in [3.05, 3.63) is 64.2 Å². The summed E-state index contributed by atoms with van der Waals surface area (Å²) in [4.78, 5) is 24.8. The maximum absolute atomic E-state index is 12.0. The van der Waals surface area contributed by atoms with E-state index in [1.54, 1.807) is 6.07 Å². The van der Waals surface area contributed by atoms with Gasteiger partial charge in [0.15, 0.2) is 0 Å². The molecule has 28 heavy (non-hydrogen) atoms. The number of piperidine rings is 1. The number of rotatable bonds is 7. The molecule has 1 heterocycles. The van der Waals surface area contributed by atoms with Crippen LogP contribution in [0.5, 0.6) is 0 Å². The normalized spacial score (nSPS) is 14.1. The van der Waals surface area contributed by atoms with Gasteiger partial charge in [-0.05, 0) is 37.5 Å². The summed E-state index contributed by atoms with van der Waals surface area (Å²) in [5, 5.41) is 18.1. The lowest BCUT2D eigenvalue weighted by atomic mass is 10.1. The van der Waals surface area contributed by atoms with Crippen molar-refractivity contribution in [1.29, 1.82) is 0 Å². The summed E-state index contributed by atoms with van der Waals surface area (Å²) in [7, 11) is 0. The minimum absolute atomic E-state index is 0.000666. The third-order valence-electron chi connectivity index (χ3n) is 4.54. The van der Waals surface area contributed by atoms with Crippen molar-refractivity contribution in [2.45, 2.75) is 19.3 Å². The van der Waals surface area contributed by atoms with Gasteiger partial charge in [0.1, 0.15) is 0 Å². The summed E-state index contributed by atoms with van der Waals surface area (Å²) in [5.41, 5.74) is 4.81. The van der Waals surface area contributed by atoms with E-state index in [4.69, 9.17) is 0 Å². The SMILES string of the molecule is O=C(CNc1ccccc1)N/N=C/c1cc([N+](=O)[O-])ccc1N1CCCCC1. The molecule has 1 amide bonds. The maximum atomic E-state index is 12.0. The number of para-hydroxylation sites is 1. The van der Waals surface area contributed by atoms with Crippen molar-refractivity contribution in [1.82, 2.24) is 5.43 Å². The monoisotopic (exact) mass is 381 g/mol. The molecular weight excluding hydrogens is 358 g/mol. The van der Waals surface area contributed by atoms with Crippen LogP contribution < -0.4 is 15.6 Å². The fourth-order valence-electron chi connectivity index (χ4n) is 3.13. The number of nitro groups is 1. The summed E-state index contributed by atoms with van der Waals surface area (Å²) in [6, 6.07) is 14.1. The Labute approximate surface area is 163 Å². The lowest BCUT2D eigenvalue weighted by Crippen LogP contribution is -2.30. The van der Waals surface area contributed by atoms with Gasteiger partial charge in [0.2, 0.25) is 0 Å². The maximum Gasteiger partial charge on any atom is 0.270 e. The fourth-order valence-corrected chi connectivity index (χ4v) is 3.13. The first-order chi connectivity index (χ1) is 13.6. The predicted molar refractivity (Wildman–Crippen MR) is 110 cm³/mol. The Morgan fingerprint density at radius 3 is 2.61 bits per heavy atom. The molecule has 0 bridgehead atoms. The van der Waals surface area contributed by atoms with E-state index in [9.17, 15) is 14.9 Å². The second-order valence-electron chi connectivity index (χ2n) is 6.56. The van der Waals surface area contributed by atoms with Crippen LogP contribution in [-0.2, 0) is 4.79 Å². The Kier molecular flexibility index (Phi) is 6.56. The molecule has 2 aromatic carbocycles. The van der Waals surface area contributed by atoms with Crippen LogP contribution in [0.3, 0.4) is 0 Å². The quantitative estimate of drug-likeness (QED) is 0.436. The Morgan fingerprint density at radius 2 is 1.89 bits per heavy atom. The number of nitro benzene ring substituents is 1. The van der Waals surface area contributed by atoms with Crippen molar-refractivity contribution in [2.75, 3.05) is 29.9 Å². The van der Waals surface area contributed by atoms with Gasteiger partial charge < -0.3 is 10.2 Å². The lowest BCUT2D eigenvalue weighted by molar-refractivity contribution is -0.384. The van der Waals surface area contributed by atoms with Gasteiger partial charge in [0.25, 0.3) is 11.6 Å². The van der Waals surface area contributed by atoms with Crippen LogP contribution in [0.25, 0.3) is 0 Å². The Hall–Kier alpha value is -3.42. The van der Waals surface area contributed by atoms with E-state index < -0.39 is 4.92 Å². The van der Waals surface area contributed by atoms with Crippen molar-refractivity contribution in [3.63, 3.8) is 0 Å². The van der Waals surface area contributed by atoms with Crippen molar-refractivity contribution in [2.24, 2.45) is 5.10 Å². The van der Waals surface area contributed by atoms with E-state index in [2.05, 4.69) is 20.7 Å². The van der Waals surface area contributed by atoms with Crippen LogP contribution in [0.1, 0.15) is 24.8 Å². The summed E-state index contributed by atoms with van der Waals surface area (Å²) in [5.74, 6) is -0.301. The smallest absolute Gasteiger partial charge is 0.270 e. The van der Waals surface area contributed by atoms with Crippen LogP contribution in [0.15, 0.2) is 53.6 Å². The lowest BCUT2D eigenvalue weighted by Gasteiger charge is -2.29. The largest absolute Gasteiger partial charge is 0.376 e. The second-order valence-corrected chi connectivity index (χ2v) is 6.56. The van der Waals surface area contributed by atoms with Gasteiger partial charge in [-0.15, -0.1) is 0 Å². The first kappa shape index (κ1) is 19.3. The van der Waals surface area contributed by atoms with E-state index in [1.807, 2.05) is 30.3 Å². The second kappa shape index (κ2) is 9.50. The van der Waals surface area contributed by atoms with Crippen LogP contribution in [0, 0.1) is 10.1 Å². The van der Waals surface area contributed by atoms with Gasteiger partial charge in [-0.2, -0.15) is 5.10 Å². The minimum atomic E-state index is -0.431. The number of carbonyl (C=O) groups excluding carboxylic acids is 1. The van der Waals surface area contributed by atoms with E-state index in [1.165, 1.54) is 24.8 Å². The third kappa shape index (κ3) is 5.29. The van der Waals surface area contributed by atoms with Gasteiger partial charge in [-0.1, -0.05) is 18.2 Å². The van der Waals surface area contributed by atoms with E-state index in [-0.39, 0.29) is 18.1 Å². The molecule has 3 rings (SSSR count). The van der Waals surface area contributed by atoms with Crippen LogP contribution >= 0.6 is 0 Å². The van der Waals surface area contributed by atoms with Crippen LogP contribution in [-0.4, -0.2) is 36.7 Å². The van der Waals surface area contributed by atoms with E-state index >= 15 is 0 Å². The summed E-state index contributed by atoms with van der Waals surface area (Å²) in [6.07, 6.45) is 4.85. The summed E-state index contributed by atoms with van der Waals surface area (Å²) >= 11 is 0. The molecule has 0 aliphatic carbocycles. The Balaban J connectivity index is 1.66. The van der Waals surface area contributed by atoms with Crippen molar-refractivity contribution in [3.8, 4) is 0 Å². The van der Waals surface area contributed by atoms with Crippen LogP contribution in [0.4, 0.5) is 17.1 Å². The molecule has 1 fully saturated rings. The number of hydrogen-bond donors (Lipinski definition) is 2. The van der Waals surface area contributed by atoms with Gasteiger partial charge in [0.05, 0.1) is 17.7 Å². The third-order valence-corrected chi connectivity index (χ3v) is 4.54. The fraction of sp³-hybridized carbons (Fsp3) is 0.300. The molecule has 2 aromatic rings. The molecule has 1 aliphatic rings. The highest BCUT2D eigenvalue weighted by atomic mass is 16.6. The number of nitrogens with one attached hydrogen (secondary N) is 2. The topological polar surface area (TPSA) is 99.9 Å². The average Bonchev–Trinajstić information content (AvgIpc) is 2.73. The molecule has 0 spiro atoms. The number of nitrogens with zero attached hydrogens (tertiary/aromatic N) is 3. The average molecular weight is 381 g/mol. The van der Waals surface area contributed by atoms with Crippen LogP contribution in [0.2, 0.25) is 0 Å². The molecule has 8 heteroatoms. The van der Waals surface area contributed by atoms with Gasteiger partial charge in [0, 0.05) is 42.2 Å². The highest BCUT2D eigenvalue weighted by molar-refractivity contribution is 5.90. The first-order valence-electron chi connectivity index (χ1n) is 9.28. The molecule has 0 saturated carbocycles. The molecule has 0 aromatic heterocycles. The van der Waals surface area contributed by atoms with E-state index in [0.717, 1.165) is 37.3 Å². The van der Waals surface area contributed by atoms with Crippen molar-refractivity contribution >= 4 is 29.2 Å². The molecule has 0 radical (unpaired) electrons. The number of hydrogen-bond acceptors (Lipinski definition) is 6. The molecular formula is C20H23N5O3. The minimum Gasteiger partial charge on any atom is -0.376 e. The number of anilines is 2.